The number of aryl methyl sites for hydroxylation is 2. The first kappa shape index (κ1) is 37.9. The van der Waals surface area contributed by atoms with Gasteiger partial charge in [0.15, 0.2) is 0 Å². The lowest BCUT2D eigenvalue weighted by molar-refractivity contribution is 0.217. The molecule has 0 amide bonds. The Morgan fingerprint density at radius 2 is 0.965 bits per heavy atom. The predicted octanol–water partition coefficient (Wildman–Crippen LogP) is 10.3. The van der Waals surface area contributed by atoms with E-state index < -0.39 is 0 Å². The smallest absolute Gasteiger partial charge is 0.128 e. The molecular formula is C49H50N4O4. The molecule has 8 rings (SSSR count). The van der Waals surface area contributed by atoms with E-state index in [0.717, 1.165) is 99.4 Å². The summed E-state index contributed by atoms with van der Waals surface area (Å²) in [6, 6.07) is 36.7. The van der Waals surface area contributed by atoms with E-state index in [1.807, 2.05) is 60.7 Å². The number of aliphatic imine (C=N–C) groups is 2. The van der Waals surface area contributed by atoms with Crippen molar-refractivity contribution in [1.82, 2.24) is 9.80 Å². The van der Waals surface area contributed by atoms with Crippen molar-refractivity contribution in [1.29, 1.82) is 0 Å². The van der Waals surface area contributed by atoms with Gasteiger partial charge in [-0.1, -0.05) is 72.8 Å². The molecule has 2 aliphatic rings. The van der Waals surface area contributed by atoms with Crippen molar-refractivity contribution in [2.45, 2.75) is 59.3 Å². The van der Waals surface area contributed by atoms with Crippen LogP contribution in [0.2, 0.25) is 0 Å². The second kappa shape index (κ2) is 17.5. The van der Waals surface area contributed by atoms with E-state index in [-0.39, 0.29) is 11.5 Å². The van der Waals surface area contributed by atoms with Crippen molar-refractivity contribution in [3.63, 3.8) is 0 Å². The number of benzene rings is 6. The van der Waals surface area contributed by atoms with Crippen LogP contribution >= 0.6 is 0 Å². The van der Waals surface area contributed by atoms with E-state index in [1.54, 1.807) is 12.4 Å². The maximum Gasteiger partial charge on any atom is 0.128 e. The molecule has 2 N–H and O–H groups in total. The van der Waals surface area contributed by atoms with Gasteiger partial charge in [0.25, 0.3) is 0 Å². The molecule has 290 valence electrons. The maximum absolute atomic E-state index is 11.8. The van der Waals surface area contributed by atoms with Gasteiger partial charge in [0, 0.05) is 83.8 Å². The Labute approximate surface area is 335 Å². The Balaban J connectivity index is 1.26. The van der Waals surface area contributed by atoms with Gasteiger partial charge in [-0.25, -0.2) is 0 Å². The highest BCUT2D eigenvalue weighted by Crippen LogP contribution is 2.36. The van der Waals surface area contributed by atoms with Crippen molar-refractivity contribution in [2.75, 3.05) is 26.3 Å². The molecule has 2 atom stereocenters. The highest BCUT2D eigenvalue weighted by Gasteiger charge is 2.19. The summed E-state index contributed by atoms with van der Waals surface area (Å²) in [5.74, 6) is 2.20. The third-order valence-electron chi connectivity index (χ3n) is 10.8. The van der Waals surface area contributed by atoms with Crippen LogP contribution in [0.15, 0.2) is 119 Å². The average Bonchev–Trinajstić information content (AvgIpc) is 3.21. The first-order chi connectivity index (χ1) is 27.9. The van der Waals surface area contributed by atoms with Crippen LogP contribution in [-0.2, 0) is 26.2 Å². The summed E-state index contributed by atoms with van der Waals surface area (Å²) in [4.78, 5) is 14.8. The second-order valence-electron chi connectivity index (χ2n) is 15.3. The third kappa shape index (κ3) is 9.04. The third-order valence-corrected chi connectivity index (χ3v) is 10.8. The van der Waals surface area contributed by atoms with E-state index >= 15 is 0 Å². The molecule has 0 radical (unpaired) electrons. The fourth-order valence-electron chi connectivity index (χ4n) is 8.04. The van der Waals surface area contributed by atoms with Gasteiger partial charge in [-0.3, -0.25) is 19.8 Å². The molecule has 2 unspecified atom stereocenters. The Bertz CT molecular complexity index is 2280. The molecule has 0 saturated heterocycles. The van der Waals surface area contributed by atoms with Crippen LogP contribution in [0.1, 0.15) is 63.8 Å². The van der Waals surface area contributed by atoms with Crippen LogP contribution in [0.5, 0.6) is 23.0 Å². The molecule has 6 aromatic carbocycles. The van der Waals surface area contributed by atoms with E-state index in [0.29, 0.717) is 50.5 Å². The highest BCUT2D eigenvalue weighted by atomic mass is 16.5. The zero-order chi connectivity index (χ0) is 39.1. The normalized spacial score (nSPS) is 17.9. The number of fused-ring (bicyclic) bond motifs is 11. The number of hydrogen-bond acceptors (Lipinski definition) is 8. The summed E-state index contributed by atoms with van der Waals surface area (Å²) in [6.07, 6.45) is 6.12. The molecular weight excluding hydrogens is 709 g/mol. The first-order valence-electron chi connectivity index (χ1n) is 20.0. The van der Waals surface area contributed by atoms with Crippen LogP contribution in [-0.4, -0.2) is 58.7 Å². The summed E-state index contributed by atoms with van der Waals surface area (Å²) in [5, 5.41) is 25.5. The van der Waals surface area contributed by atoms with Crippen molar-refractivity contribution in [3.05, 3.63) is 154 Å². The number of ether oxygens (including phenoxy) is 2. The standard InChI is InChI=1S/C49H50N4O4/c1-34-24-39-28-50-43-16-9-14-36-15-10-17-44(47(36)43)51-29-40-25-35(2)27-42(49(40)55)33-53-21-8-7-20-52(32-41(26-34)48(39)54)30-37-12-3-5-18-45(37)56-22-11-23-57-46-19-6-4-13-38(46)31-53/h3-6,9-10,12-19,24-29,54-55H,7-8,11,20-23,30-33H2,1-2H3. The van der Waals surface area contributed by atoms with Gasteiger partial charge in [0.05, 0.1) is 24.6 Å². The van der Waals surface area contributed by atoms with Crippen LogP contribution < -0.4 is 9.47 Å². The SMILES string of the molecule is Cc1cc2c(O)c(c1)CN1CCCCN(Cc3ccccc3OCCCOc3ccccc3C1)Cc1cc(C)cc(c1O)C=Nc1cccc3cccc(c13)N=C2. The summed E-state index contributed by atoms with van der Waals surface area (Å²) in [5.41, 5.74) is 8.85. The second-order valence-corrected chi connectivity index (χ2v) is 15.3. The molecule has 57 heavy (non-hydrogen) atoms. The van der Waals surface area contributed by atoms with Crippen LogP contribution in [0.3, 0.4) is 0 Å². The van der Waals surface area contributed by atoms with E-state index in [9.17, 15) is 10.2 Å². The van der Waals surface area contributed by atoms with Crippen LogP contribution in [0, 0.1) is 13.8 Å². The molecule has 0 fully saturated rings. The molecule has 0 spiro atoms. The summed E-state index contributed by atoms with van der Waals surface area (Å²) < 4.78 is 12.8. The molecule has 6 bridgehead atoms. The molecule has 2 aliphatic heterocycles. The van der Waals surface area contributed by atoms with Gasteiger partial charge in [-0.15, -0.1) is 0 Å². The molecule has 2 heterocycles. The Morgan fingerprint density at radius 3 is 1.46 bits per heavy atom. The maximum atomic E-state index is 11.8. The van der Waals surface area contributed by atoms with E-state index in [1.165, 1.54) is 0 Å². The number of rotatable bonds is 0. The predicted molar refractivity (Wildman–Crippen MR) is 230 cm³/mol. The lowest BCUT2D eigenvalue weighted by Crippen LogP contribution is -2.27. The van der Waals surface area contributed by atoms with E-state index in [2.05, 4.69) is 72.2 Å². The zero-order valence-electron chi connectivity index (χ0n) is 32.8. The number of hydrogen-bond donors (Lipinski definition) is 2. The van der Waals surface area contributed by atoms with Crippen molar-refractivity contribution in [3.8, 4) is 23.0 Å². The molecule has 8 heteroatoms. The molecule has 0 aromatic heterocycles. The fraction of sp³-hybridized carbons (Fsp3) is 0.265. The summed E-state index contributed by atoms with van der Waals surface area (Å²) in [6.45, 7) is 9.26. The fourth-order valence-corrected chi connectivity index (χ4v) is 8.04. The van der Waals surface area contributed by atoms with Crippen molar-refractivity contribution < 1.29 is 19.7 Å². The lowest BCUT2D eigenvalue weighted by Gasteiger charge is -2.27. The van der Waals surface area contributed by atoms with Crippen LogP contribution in [0.25, 0.3) is 10.8 Å². The Hall–Kier alpha value is -5.96. The van der Waals surface area contributed by atoms with Gasteiger partial charge in [0.2, 0.25) is 0 Å². The van der Waals surface area contributed by atoms with Gasteiger partial charge >= 0.3 is 0 Å². The molecule has 0 aliphatic carbocycles. The monoisotopic (exact) mass is 758 g/mol. The van der Waals surface area contributed by atoms with Gasteiger partial charge in [-0.2, -0.15) is 0 Å². The number of para-hydroxylation sites is 2. The van der Waals surface area contributed by atoms with Crippen molar-refractivity contribution in [2.24, 2.45) is 9.98 Å². The number of nitrogens with zero attached hydrogens (tertiary/aromatic N) is 4. The van der Waals surface area contributed by atoms with E-state index in [4.69, 9.17) is 19.5 Å². The lowest BCUT2D eigenvalue weighted by atomic mass is 10.0. The number of phenols is 2. The van der Waals surface area contributed by atoms with Crippen LogP contribution in [0.4, 0.5) is 11.4 Å². The molecule has 6 aromatic rings. The topological polar surface area (TPSA) is 90.1 Å². The Morgan fingerprint density at radius 1 is 0.509 bits per heavy atom. The van der Waals surface area contributed by atoms with Gasteiger partial charge in [0.1, 0.15) is 23.0 Å². The number of aromatic hydroxyl groups is 2. The Kier molecular flexibility index (Phi) is 11.6. The largest absolute Gasteiger partial charge is 0.507 e. The van der Waals surface area contributed by atoms with Crippen molar-refractivity contribution >= 4 is 34.6 Å². The van der Waals surface area contributed by atoms with Gasteiger partial charge < -0.3 is 19.7 Å². The minimum Gasteiger partial charge on any atom is -0.507 e. The summed E-state index contributed by atoms with van der Waals surface area (Å²) >= 11 is 0. The molecule has 8 nitrogen and oxygen atoms in total. The highest BCUT2D eigenvalue weighted by molar-refractivity contribution is 6.04. The average molecular weight is 759 g/mol. The first-order valence-corrected chi connectivity index (χ1v) is 20.0. The minimum atomic E-state index is 0.233. The summed E-state index contributed by atoms with van der Waals surface area (Å²) in [7, 11) is 0. The minimum absolute atomic E-state index is 0.233. The van der Waals surface area contributed by atoms with Gasteiger partial charge in [-0.05, 0) is 92.7 Å². The number of phenolic OH excluding ortho intramolecular Hbond substituents is 2. The zero-order valence-corrected chi connectivity index (χ0v) is 32.8. The molecule has 0 saturated carbocycles. The quantitative estimate of drug-likeness (QED) is 0.160.